The summed E-state index contributed by atoms with van der Waals surface area (Å²) in [6.07, 6.45) is 3.71. The molecule has 0 bridgehead atoms. The Morgan fingerprint density at radius 2 is 2.00 bits per heavy atom. The highest BCUT2D eigenvalue weighted by molar-refractivity contribution is 6.41. The van der Waals surface area contributed by atoms with E-state index in [-0.39, 0.29) is 42.7 Å². The molecule has 1 aliphatic heterocycles. The van der Waals surface area contributed by atoms with E-state index in [0.29, 0.717) is 23.2 Å². The molecule has 1 fully saturated rings. The van der Waals surface area contributed by atoms with Gasteiger partial charge in [-0.25, -0.2) is 9.40 Å². The fourth-order valence-electron chi connectivity index (χ4n) is 3.29. The Hall–Kier alpha value is -3.72. The van der Waals surface area contributed by atoms with Crippen LogP contribution in [0.25, 0.3) is 12.2 Å². The van der Waals surface area contributed by atoms with E-state index in [4.69, 9.17) is 5.11 Å². The van der Waals surface area contributed by atoms with E-state index < -0.39 is 5.97 Å². The number of phenols is 1. The van der Waals surface area contributed by atoms with Crippen molar-refractivity contribution in [1.82, 2.24) is 10.0 Å². The molecule has 2 aromatic carbocycles. The maximum Gasteiger partial charge on any atom is 0.303 e. The number of halogens is 1. The Bertz CT molecular complexity index is 1080. The monoisotopic (exact) mass is 440 g/mol. The molecule has 0 aliphatic carbocycles. The second kappa shape index (κ2) is 10.1. The van der Waals surface area contributed by atoms with E-state index in [9.17, 15) is 19.1 Å². The summed E-state index contributed by atoms with van der Waals surface area (Å²) in [4.78, 5) is 23.2. The Kier molecular flexibility index (Phi) is 7.21. The molecule has 1 amide bonds. The van der Waals surface area contributed by atoms with Gasteiger partial charge < -0.3 is 10.2 Å². The predicted molar refractivity (Wildman–Crippen MR) is 120 cm³/mol. The number of aliphatic carboxylic acids is 1. The summed E-state index contributed by atoms with van der Waals surface area (Å²) in [5.74, 6) is -1.62. The number of amides is 1. The first-order valence-corrected chi connectivity index (χ1v) is 10.1. The van der Waals surface area contributed by atoms with Gasteiger partial charge in [0, 0.05) is 25.6 Å². The third-order valence-corrected chi connectivity index (χ3v) is 5.09. The lowest BCUT2D eigenvalue weighted by atomic mass is 10.1. The third-order valence-electron chi connectivity index (χ3n) is 5.09. The van der Waals surface area contributed by atoms with E-state index >= 15 is 0 Å². The Morgan fingerprint density at radius 3 is 2.75 bits per heavy atom. The summed E-state index contributed by atoms with van der Waals surface area (Å²) in [6, 6.07) is 9.55. The molecule has 3 N–H and O–H groups in total. The van der Waals surface area contributed by atoms with Crippen molar-refractivity contribution in [3.8, 4) is 5.75 Å². The van der Waals surface area contributed by atoms with Crippen LogP contribution in [0.3, 0.4) is 0 Å². The fourth-order valence-corrected chi connectivity index (χ4v) is 3.29. The summed E-state index contributed by atoms with van der Waals surface area (Å²) < 4.78 is 13.5. The minimum atomic E-state index is -0.910. The number of carbonyl (C=O) groups is 2. The number of benzene rings is 2. The summed E-state index contributed by atoms with van der Waals surface area (Å²) in [5, 5.41) is 26.6. The lowest BCUT2D eigenvalue weighted by Gasteiger charge is -2.22. The van der Waals surface area contributed by atoms with Crippen molar-refractivity contribution >= 4 is 35.4 Å². The molecule has 8 nitrogen and oxygen atoms in total. The van der Waals surface area contributed by atoms with E-state index in [1.54, 1.807) is 48.5 Å². The zero-order valence-electron chi connectivity index (χ0n) is 17.9. The van der Waals surface area contributed by atoms with Gasteiger partial charge in [-0.15, -0.1) is 0 Å². The van der Waals surface area contributed by atoms with E-state index in [0.717, 1.165) is 5.56 Å². The summed E-state index contributed by atoms with van der Waals surface area (Å²) in [7, 11) is 1.72. The zero-order chi connectivity index (χ0) is 23.3. The van der Waals surface area contributed by atoms with Gasteiger partial charge in [0.25, 0.3) is 5.91 Å². The van der Waals surface area contributed by atoms with Gasteiger partial charge >= 0.3 is 5.97 Å². The number of carboxylic acid groups (broad SMARTS) is 1. The van der Waals surface area contributed by atoms with Gasteiger partial charge in [-0.2, -0.15) is 5.10 Å². The molecule has 0 atom stereocenters. The normalized spacial score (nSPS) is 15.8. The van der Waals surface area contributed by atoms with E-state index in [1.165, 1.54) is 17.1 Å². The maximum absolute atomic E-state index is 13.5. The van der Waals surface area contributed by atoms with Crippen LogP contribution >= 0.6 is 0 Å². The number of hydrogen-bond donors (Lipinski definition) is 3. The molecule has 1 heterocycles. The lowest BCUT2D eigenvalue weighted by molar-refractivity contribution is -0.139. The smallest absolute Gasteiger partial charge is 0.303 e. The molecule has 0 spiro atoms. The number of hydrogen-bond acceptors (Lipinski definition) is 6. The number of carbonyl (C=O) groups excluding carboxylic acids is 1. The van der Waals surface area contributed by atoms with Crippen LogP contribution in [0.5, 0.6) is 5.75 Å². The number of carboxylic acids is 1. The van der Waals surface area contributed by atoms with Crippen molar-refractivity contribution in [2.24, 2.45) is 5.10 Å². The molecule has 32 heavy (non-hydrogen) atoms. The lowest BCUT2D eigenvalue weighted by Crippen LogP contribution is -2.37. The van der Waals surface area contributed by atoms with Crippen LogP contribution in [0.15, 0.2) is 41.5 Å². The van der Waals surface area contributed by atoms with Crippen molar-refractivity contribution in [1.29, 1.82) is 0 Å². The average molecular weight is 440 g/mol. The van der Waals surface area contributed by atoms with Crippen LogP contribution in [0.4, 0.5) is 10.1 Å². The van der Waals surface area contributed by atoms with Crippen molar-refractivity contribution in [2.75, 3.05) is 25.6 Å². The second-order valence-corrected chi connectivity index (χ2v) is 7.49. The molecule has 1 aliphatic rings. The van der Waals surface area contributed by atoms with Gasteiger partial charge in [0.2, 0.25) is 0 Å². The van der Waals surface area contributed by atoms with Crippen LogP contribution in [-0.2, 0) is 9.59 Å². The summed E-state index contributed by atoms with van der Waals surface area (Å²) in [5.41, 5.74) is 5.41. The molecular formula is C23H25FN4O4. The Morgan fingerprint density at radius 1 is 1.25 bits per heavy atom. The first kappa shape index (κ1) is 23.0. The number of rotatable bonds is 8. The third kappa shape index (κ3) is 5.50. The van der Waals surface area contributed by atoms with Crippen LogP contribution in [0, 0.1) is 12.7 Å². The van der Waals surface area contributed by atoms with Crippen molar-refractivity contribution in [3.05, 3.63) is 58.9 Å². The van der Waals surface area contributed by atoms with Crippen LogP contribution < -0.4 is 5.43 Å². The average Bonchev–Trinajstić information content (AvgIpc) is 3.01. The van der Waals surface area contributed by atoms with Gasteiger partial charge in [0.1, 0.15) is 17.3 Å². The standard InChI is InChI=1S/C23H25FN4O4/c1-15-8-11-18(24)13-17(15)10-9-16-5-3-6-19(22(16)31)25-26-20-14-27(2)28(23(20)32)12-4-7-21(29)30/h3,5-6,8-11,13,25,31H,4,7,12,14H2,1-2H3,(H,29,30)/b10-9+,26-20-. The van der Waals surface area contributed by atoms with Crippen LogP contribution in [0.1, 0.15) is 29.5 Å². The fraction of sp³-hybridized carbons (Fsp3) is 0.261. The number of anilines is 1. The highest BCUT2D eigenvalue weighted by atomic mass is 19.1. The van der Waals surface area contributed by atoms with E-state index in [2.05, 4.69) is 10.5 Å². The number of hydrazone groups is 1. The largest absolute Gasteiger partial charge is 0.505 e. The van der Waals surface area contributed by atoms with Gasteiger partial charge in [-0.1, -0.05) is 30.4 Å². The molecule has 3 rings (SSSR count). The minimum Gasteiger partial charge on any atom is -0.505 e. The van der Waals surface area contributed by atoms with Crippen molar-refractivity contribution in [3.63, 3.8) is 0 Å². The molecule has 2 aromatic rings. The second-order valence-electron chi connectivity index (χ2n) is 7.49. The number of para-hydroxylation sites is 1. The first-order chi connectivity index (χ1) is 15.3. The molecule has 168 valence electrons. The number of nitrogens with zero attached hydrogens (tertiary/aromatic N) is 3. The number of nitrogens with one attached hydrogen (secondary N) is 1. The van der Waals surface area contributed by atoms with Gasteiger partial charge in [0.05, 0.1) is 12.2 Å². The predicted octanol–water partition coefficient (Wildman–Crippen LogP) is 3.33. The molecule has 0 aromatic heterocycles. The SMILES string of the molecule is Cc1ccc(F)cc1/C=C/c1cccc(N/N=C2/CN(C)N(CCCC(=O)O)C2=O)c1O. The van der Waals surface area contributed by atoms with Crippen molar-refractivity contribution < 1.29 is 24.2 Å². The highest BCUT2D eigenvalue weighted by Crippen LogP contribution is 2.29. The van der Waals surface area contributed by atoms with Gasteiger partial charge in [-0.05, 0) is 42.7 Å². The topological polar surface area (TPSA) is 105 Å². The van der Waals surface area contributed by atoms with Crippen molar-refractivity contribution in [2.45, 2.75) is 19.8 Å². The number of aryl methyl sites for hydroxylation is 1. The van der Waals surface area contributed by atoms with Gasteiger partial charge in [-0.3, -0.25) is 20.0 Å². The highest BCUT2D eigenvalue weighted by Gasteiger charge is 2.32. The summed E-state index contributed by atoms with van der Waals surface area (Å²) in [6.45, 7) is 2.41. The molecule has 0 saturated carbocycles. The molecular weight excluding hydrogens is 415 g/mol. The molecule has 0 radical (unpaired) electrons. The number of aromatic hydroxyl groups is 1. The molecule has 1 saturated heterocycles. The maximum atomic E-state index is 13.5. The Balaban J connectivity index is 1.71. The Labute approximate surface area is 185 Å². The number of phenolic OH excluding ortho intramolecular Hbond substituents is 1. The minimum absolute atomic E-state index is 0.0221. The van der Waals surface area contributed by atoms with E-state index in [1.807, 2.05) is 6.92 Å². The summed E-state index contributed by atoms with van der Waals surface area (Å²) >= 11 is 0. The van der Waals surface area contributed by atoms with Crippen LogP contribution in [0.2, 0.25) is 0 Å². The molecule has 0 unspecified atom stereocenters. The number of hydrazine groups is 1. The first-order valence-electron chi connectivity index (χ1n) is 10.1. The van der Waals surface area contributed by atoms with Gasteiger partial charge in [0.15, 0.2) is 0 Å². The quantitative estimate of drug-likeness (QED) is 0.330. The zero-order valence-corrected chi connectivity index (χ0v) is 17.9. The molecule has 9 heteroatoms. The van der Waals surface area contributed by atoms with Crippen LogP contribution in [-0.4, -0.2) is 58.0 Å².